The van der Waals surface area contributed by atoms with Gasteiger partial charge in [0.25, 0.3) is 5.91 Å². The van der Waals surface area contributed by atoms with E-state index in [1.165, 1.54) is 0 Å². The summed E-state index contributed by atoms with van der Waals surface area (Å²) in [5, 5.41) is 4.73. The third kappa shape index (κ3) is 3.69. The summed E-state index contributed by atoms with van der Waals surface area (Å²) >= 11 is 0. The van der Waals surface area contributed by atoms with E-state index in [1.807, 2.05) is 9.58 Å². The molecule has 150 valence electrons. The second kappa shape index (κ2) is 8.18. The fraction of sp³-hybridized carbons (Fsp3) is 0.550. The van der Waals surface area contributed by atoms with Crippen molar-refractivity contribution in [3.05, 3.63) is 35.4 Å². The van der Waals surface area contributed by atoms with Gasteiger partial charge in [0.2, 0.25) is 0 Å². The molecule has 0 N–H and O–H groups in total. The van der Waals surface area contributed by atoms with Gasteiger partial charge in [-0.25, -0.2) is 9.67 Å². The molecule has 0 saturated carbocycles. The zero-order chi connectivity index (χ0) is 19.5. The number of benzene rings is 1. The number of amides is 1. The molecular weight excluding hydrogens is 360 g/mol. The Hall–Kier alpha value is -2.61. The zero-order valence-corrected chi connectivity index (χ0v) is 16.4. The predicted molar refractivity (Wildman–Crippen MR) is 102 cm³/mol. The van der Waals surface area contributed by atoms with Crippen LogP contribution in [0.1, 0.15) is 40.8 Å². The van der Waals surface area contributed by atoms with Gasteiger partial charge in [0, 0.05) is 44.2 Å². The molecule has 0 spiro atoms. The monoisotopic (exact) mass is 386 g/mol. The summed E-state index contributed by atoms with van der Waals surface area (Å²) in [4.78, 5) is 19.6. The molecule has 1 aromatic carbocycles. The minimum Gasteiger partial charge on any atom is -0.493 e. The molecule has 0 aliphatic carbocycles. The number of aromatic nitrogens is 3. The number of ether oxygens (including phenoxy) is 3. The highest BCUT2D eigenvalue weighted by atomic mass is 16.5. The van der Waals surface area contributed by atoms with Crippen LogP contribution in [-0.4, -0.2) is 66.1 Å². The SMILES string of the molecule is COc1ccc(C(=O)N2CCc3nc(C4CCOCC4)nn3CC2)cc1OC. The number of carbonyl (C=O) groups is 1. The second-order valence-electron chi connectivity index (χ2n) is 7.11. The van der Waals surface area contributed by atoms with Crippen LogP contribution < -0.4 is 9.47 Å². The van der Waals surface area contributed by atoms with E-state index in [9.17, 15) is 4.79 Å². The number of rotatable bonds is 4. The van der Waals surface area contributed by atoms with Gasteiger partial charge in [-0.1, -0.05) is 0 Å². The van der Waals surface area contributed by atoms with Crippen molar-refractivity contribution in [2.45, 2.75) is 31.7 Å². The first-order valence-electron chi connectivity index (χ1n) is 9.72. The van der Waals surface area contributed by atoms with Crippen LogP contribution in [0.2, 0.25) is 0 Å². The van der Waals surface area contributed by atoms with Gasteiger partial charge in [-0.2, -0.15) is 5.10 Å². The van der Waals surface area contributed by atoms with Gasteiger partial charge in [-0.3, -0.25) is 4.79 Å². The Kier molecular flexibility index (Phi) is 5.47. The van der Waals surface area contributed by atoms with E-state index in [-0.39, 0.29) is 5.91 Å². The summed E-state index contributed by atoms with van der Waals surface area (Å²) in [5.74, 6) is 3.43. The highest BCUT2D eigenvalue weighted by molar-refractivity contribution is 5.95. The molecule has 28 heavy (non-hydrogen) atoms. The molecule has 0 unspecified atom stereocenters. The fourth-order valence-electron chi connectivity index (χ4n) is 3.80. The van der Waals surface area contributed by atoms with Crippen LogP contribution in [0.25, 0.3) is 0 Å². The van der Waals surface area contributed by atoms with E-state index in [4.69, 9.17) is 24.3 Å². The molecule has 3 heterocycles. The third-order valence-corrected chi connectivity index (χ3v) is 5.46. The Labute approximate surface area is 164 Å². The van der Waals surface area contributed by atoms with Gasteiger partial charge in [-0.15, -0.1) is 0 Å². The van der Waals surface area contributed by atoms with E-state index in [0.717, 1.165) is 37.7 Å². The number of carbonyl (C=O) groups excluding carboxylic acids is 1. The van der Waals surface area contributed by atoms with Crippen molar-refractivity contribution in [3.8, 4) is 11.5 Å². The lowest BCUT2D eigenvalue weighted by molar-refractivity contribution is 0.0756. The molecule has 2 aliphatic heterocycles. The van der Waals surface area contributed by atoms with Crippen LogP contribution in [0.3, 0.4) is 0 Å². The summed E-state index contributed by atoms with van der Waals surface area (Å²) in [5.41, 5.74) is 0.591. The Balaban J connectivity index is 1.45. The quantitative estimate of drug-likeness (QED) is 0.798. The molecule has 1 amide bonds. The fourth-order valence-corrected chi connectivity index (χ4v) is 3.80. The maximum atomic E-state index is 13.0. The summed E-state index contributed by atoms with van der Waals surface area (Å²) in [7, 11) is 3.15. The van der Waals surface area contributed by atoms with Crippen molar-refractivity contribution < 1.29 is 19.0 Å². The second-order valence-corrected chi connectivity index (χ2v) is 7.11. The molecule has 2 aromatic rings. The van der Waals surface area contributed by atoms with Gasteiger partial charge in [-0.05, 0) is 31.0 Å². The summed E-state index contributed by atoms with van der Waals surface area (Å²) < 4.78 is 18.0. The van der Waals surface area contributed by atoms with Crippen molar-refractivity contribution in [2.75, 3.05) is 40.5 Å². The highest BCUT2D eigenvalue weighted by Crippen LogP contribution is 2.28. The van der Waals surface area contributed by atoms with Gasteiger partial charge < -0.3 is 19.1 Å². The first kappa shape index (κ1) is 18.7. The lowest BCUT2D eigenvalue weighted by Crippen LogP contribution is -2.33. The van der Waals surface area contributed by atoms with Crippen molar-refractivity contribution in [2.24, 2.45) is 0 Å². The lowest BCUT2D eigenvalue weighted by atomic mass is 10.00. The van der Waals surface area contributed by atoms with Gasteiger partial charge in [0.15, 0.2) is 17.3 Å². The van der Waals surface area contributed by atoms with E-state index < -0.39 is 0 Å². The Morgan fingerprint density at radius 3 is 2.64 bits per heavy atom. The number of methoxy groups -OCH3 is 2. The van der Waals surface area contributed by atoms with Crippen LogP contribution in [0.15, 0.2) is 18.2 Å². The Morgan fingerprint density at radius 1 is 1.11 bits per heavy atom. The Bertz CT molecular complexity index is 819. The van der Waals surface area contributed by atoms with Crippen molar-refractivity contribution in [1.29, 1.82) is 0 Å². The number of fused-ring (bicyclic) bond motifs is 1. The minimum atomic E-state index is -0.0173. The van der Waals surface area contributed by atoms with Gasteiger partial charge >= 0.3 is 0 Å². The topological polar surface area (TPSA) is 78.7 Å². The predicted octanol–water partition coefficient (Wildman–Crippen LogP) is 1.89. The van der Waals surface area contributed by atoms with E-state index in [2.05, 4.69) is 0 Å². The van der Waals surface area contributed by atoms with Crippen LogP contribution >= 0.6 is 0 Å². The smallest absolute Gasteiger partial charge is 0.254 e. The Morgan fingerprint density at radius 2 is 1.89 bits per heavy atom. The van der Waals surface area contributed by atoms with E-state index in [1.54, 1.807) is 32.4 Å². The molecule has 1 fully saturated rings. The van der Waals surface area contributed by atoms with Crippen LogP contribution in [0.4, 0.5) is 0 Å². The van der Waals surface area contributed by atoms with Crippen molar-refractivity contribution in [1.82, 2.24) is 19.7 Å². The van der Waals surface area contributed by atoms with Gasteiger partial charge in [0.1, 0.15) is 5.82 Å². The standard InChI is InChI=1S/C20H26N4O4/c1-26-16-4-3-15(13-17(16)27-2)20(25)23-8-5-18-21-19(22-24(18)10-9-23)14-6-11-28-12-7-14/h3-4,13-14H,5-12H2,1-2H3. The van der Waals surface area contributed by atoms with Crippen LogP contribution in [0.5, 0.6) is 11.5 Å². The van der Waals surface area contributed by atoms with Crippen molar-refractivity contribution in [3.63, 3.8) is 0 Å². The van der Waals surface area contributed by atoms with Crippen LogP contribution in [-0.2, 0) is 17.7 Å². The average molecular weight is 386 g/mol. The number of hydrogen-bond acceptors (Lipinski definition) is 6. The molecule has 1 saturated heterocycles. The molecule has 8 nitrogen and oxygen atoms in total. The van der Waals surface area contributed by atoms with E-state index in [0.29, 0.717) is 49.0 Å². The average Bonchev–Trinajstić information content (AvgIpc) is 3.06. The maximum absolute atomic E-state index is 13.0. The minimum absolute atomic E-state index is 0.0173. The summed E-state index contributed by atoms with van der Waals surface area (Å²) in [6.07, 6.45) is 2.66. The normalized spacial score (nSPS) is 17.7. The van der Waals surface area contributed by atoms with Crippen molar-refractivity contribution >= 4 is 5.91 Å². The molecule has 4 rings (SSSR count). The maximum Gasteiger partial charge on any atom is 0.254 e. The summed E-state index contributed by atoms with van der Waals surface area (Å²) in [6, 6.07) is 5.26. The molecule has 0 bridgehead atoms. The summed E-state index contributed by atoms with van der Waals surface area (Å²) in [6.45, 7) is 3.45. The molecule has 8 heteroatoms. The molecular formula is C20H26N4O4. The zero-order valence-electron chi connectivity index (χ0n) is 16.4. The third-order valence-electron chi connectivity index (χ3n) is 5.46. The molecule has 1 aromatic heterocycles. The molecule has 0 atom stereocenters. The van der Waals surface area contributed by atoms with Crippen LogP contribution in [0, 0.1) is 0 Å². The van der Waals surface area contributed by atoms with E-state index >= 15 is 0 Å². The number of nitrogens with zero attached hydrogens (tertiary/aromatic N) is 4. The first-order chi connectivity index (χ1) is 13.7. The van der Waals surface area contributed by atoms with Gasteiger partial charge in [0.05, 0.1) is 20.8 Å². The first-order valence-corrected chi connectivity index (χ1v) is 9.72. The molecule has 2 aliphatic rings. The highest BCUT2D eigenvalue weighted by Gasteiger charge is 2.26. The molecule has 0 radical (unpaired) electrons. The largest absolute Gasteiger partial charge is 0.493 e. The lowest BCUT2D eigenvalue weighted by Gasteiger charge is -2.21. The number of hydrogen-bond donors (Lipinski definition) is 0.